The third-order valence-corrected chi connectivity index (χ3v) is 5.66. The maximum Gasteiger partial charge on any atom is 0.229 e. The molecule has 0 unspecified atom stereocenters. The molecule has 2 aliphatic carbocycles. The molecule has 112 valence electrons. The highest BCUT2D eigenvalue weighted by Gasteiger charge is 2.75. The van der Waals surface area contributed by atoms with Crippen LogP contribution in [0.1, 0.15) is 30.7 Å². The maximum atomic E-state index is 13.0. The molecule has 3 aliphatic rings. The number of benzene rings is 1. The van der Waals surface area contributed by atoms with Crippen LogP contribution in [0.15, 0.2) is 24.3 Å². The van der Waals surface area contributed by atoms with Gasteiger partial charge in [0, 0.05) is 25.6 Å². The fraction of sp³-hybridized carbons (Fsp3) is 0.588. The lowest BCUT2D eigenvalue weighted by Crippen LogP contribution is -2.45. The molecule has 0 spiro atoms. The number of piperidine rings is 1. The first-order valence-corrected chi connectivity index (χ1v) is 7.80. The van der Waals surface area contributed by atoms with Crippen LogP contribution in [-0.2, 0) is 4.79 Å². The first-order chi connectivity index (χ1) is 10.1. The van der Waals surface area contributed by atoms with Crippen molar-refractivity contribution in [2.24, 2.45) is 17.3 Å². The van der Waals surface area contributed by atoms with Gasteiger partial charge in [-0.2, -0.15) is 0 Å². The third-order valence-electron chi connectivity index (χ3n) is 5.66. The van der Waals surface area contributed by atoms with E-state index in [1.165, 1.54) is 12.1 Å². The summed E-state index contributed by atoms with van der Waals surface area (Å²) in [5.74, 6) is 1.00. The number of rotatable bonds is 3. The minimum Gasteiger partial charge on any atom is -0.396 e. The topological polar surface area (TPSA) is 40.5 Å². The van der Waals surface area contributed by atoms with Crippen LogP contribution in [-0.4, -0.2) is 35.6 Å². The molecule has 0 aromatic heterocycles. The number of likely N-dealkylation sites (tertiary alicyclic amines) is 1. The van der Waals surface area contributed by atoms with Gasteiger partial charge in [-0.25, -0.2) is 4.39 Å². The van der Waals surface area contributed by atoms with Crippen molar-refractivity contribution in [3.05, 3.63) is 35.6 Å². The van der Waals surface area contributed by atoms with E-state index in [2.05, 4.69) is 0 Å². The lowest BCUT2D eigenvalue weighted by molar-refractivity contribution is -0.137. The molecule has 0 bridgehead atoms. The summed E-state index contributed by atoms with van der Waals surface area (Å²) in [5.41, 5.74) is 1.08. The molecule has 0 radical (unpaired) electrons. The molecule has 1 aromatic carbocycles. The predicted octanol–water partition coefficient (Wildman–Crippen LogP) is 2.16. The highest BCUT2D eigenvalue weighted by Crippen LogP contribution is 2.76. The van der Waals surface area contributed by atoms with Crippen molar-refractivity contribution in [1.29, 1.82) is 0 Å². The van der Waals surface area contributed by atoms with Gasteiger partial charge in [0.15, 0.2) is 0 Å². The van der Waals surface area contributed by atoms with Crippen LogP contribution in [0, 0.1) is 23.1 Å². The monoisotopic (exact) mass is 289 g/mol. The van der Waals surface area contributed by atoms with E-state index in [0.29, 0.717) is 18.4 Å². The van der Waals surface area contributed by atoms with E-state index in [1.807, 2.05) is 4.90 Å². The molecular formula is C17H20FNO2. The van der Waals surface area contributed by atoms with Gasteiger partial charge in [0.05, 0.1) is 5.41 Å². The first-order valence-electron chi connectivity index (χ1n) is 7.80. The van der Waals surface area contributed by atoms with E-state index in [9.17, 15) is 14.3 Å². The summed E-state index contributed by atoms with van der Waals surface area (Å²) in [4.78, 5) is 14.4. The molecule has 4 rings (SSSR count). The molecule has 1 aliphatic heterocycles. The number of amides is 1. The lowest BCUT2D eigenvalue weighted by atomic mass is 9.80. The van der Waals surface area contributed by atoms with Crippen LogP contribution < -0.4 is 0 Å². The highest BCUT2D eigenvalue weighted by atomic mass is 19.1. The summed E-state index contributed by atoms with van der Waals surface area (Å²) in [6.07, 6.45) is 3.00. The molecular weight excluding hydrogens is 269 g/mol. The van der Waals surface area contributed by atoms with Crippen molar-refractivity contribution in [3.63, 3.8) is 0 Å². The van der Waals surface area contributed by atoms with Gasteiger partial charge in [0.25, 0.3) is 0 Å². The first kappa shape index (κ1) is 13.3. The smallest absolute Gasteiger partial charge is 0.229 e. The van der Waals surface area contributed by atoms with Gasteiger partial charge in [-0.1, -0.05) is 12.1 Å². The highest BCUT2D eigenvalue weighted by molar-refractivity contribution is 5.90. The van der Waals surface area contributed by atoms with Crippen LogP contribution >= 0.6 is 0 Å². The number of hydrogen-bond donors (Lipinski definition) is 1. The molecule has 1 N–H and O–H groups in total. The minimum atomic E-state index is -0.237. The second-order valence-corrected chi connectivity index (χ2v) is 6.90. The van der Waals surface area contributed by atoms with E-state index in [1.54, 1.807) is 12.1 Å². The van der Waals surface area contributed by atoms with Crippen LogP contribution in [0.25, 0.3) is 0 Å². The third kappa shape index (κ3) is 2.08. The molecule has 4 heteroatoms. The van der Waals surface area contributed by atoms with Crippen molar-refractivity contribution < 1.29 is 14.3 Å². The quantitative estimate of drug-likeness (QED) is 0.926. The molecule has 21 heavy (non-hydrogen) atoms. The van der Waals surface area contributed by atoms with Crippen molar-refractivity contribution in [3.8, 4) is 0 Å². The number of carbonyl (C=O) groups excluding carboxylic acids is 1. The minimum absolute atomic E-state index is 0.0166. The van der Waals surface area contributed by atoms with E-state index >= 15 is 0 Å². The van der Waals surface area contributed by atoms with Gasteiger partial charge in [0.1, 0.15) is 5.82 Å². The van der Waals surface area contributed by atoms with E-state index in [-0.39, 0.29) is 29.7 Å². The molecule has 3 nitrogen and oxygen atoms in total. The van der Waals surface area contributed by atoms with Crippen LogP contribution in [0.3, 0.4) is 0 Å². The summed E-state index contributed by atoms with van der Waals surface area (Å²) in [6, 6.07) is 6.55. The number of fused-ring (bicyclic) bond motifs is 1. The zero-order valence-corrected chi connectivity index (χ0v) is 12.0. The second kappa shape index (κ2) is 4.54. The van der Waals surface area contributed by atoms with Crippen molar-refractivity contribution in [2.75, 3.05) is 19.7 Å². The Labute approximate surface area is 123 Å². The predicted molar refractivity (Wildman–Crippen MR) is 76.1 cm³/mol. The van der Waals surface area contributed by atoms with Gasteiger partial charge >= 0.3 is 0 Å². The van der Waals surface area contributed by atoms with Crippen LogP contribution in [0.2, 0.25) is 0 Å². The Morgan fingerprint density at radius 3 is 2.57 bits per heavy atom. The van der Waals surface area contributed by atoms with E-state index in [4.69, 9.17) is 0 Å². The molecule has 1 aromatic rings. The standard InChI is InChI=1S/C17H20FNO2/c18-14-3-1-11(2-4-14)15-5-6-19(9-12(15)10-20)16(21)17-7-13(17)8-17/h1-4,12-13,15,20H,5-10H2/t12-,13?,15-,17?/m0/s1. The summed E-state index contributed by atoms with van der Waals surface area (Å²) in [5, 5.41) is 9.69. The van der Waals surface area contributed by atoms with Crippen molar-refractivity contribution in [2.45, 2.75) is 25.2 Å². The molecule has 2 atom stereocenters. The summed E-state index contributed by atoms with van der Waals surface area (Å²) < 4.78 is 13.0. The second-order valence-electron chi connectivity index (χ2n) is 6.90. The van der Waals surface area contributed by atoms with Crippen molar-refractivity contribution >= 4 is 5.91 Å². The largest absolute Gasteiger partial charge is 0.396 e. The Hall–Kier alpha value is -1.42. The van der Waals surface area contributed by atoms with Gasteiger partial charge in [-0.3, -0.25) is 4.79 Å². The molecule has 1 heterocycles. The number of carbonyl (C=O) groups is 1. The Morgan fingerprint density at radius 1 is 1.33 bits per heavy atom. The molecule has 1 amide bonds. The number of nitrogens with zero attached hydrogens (tertiary/aromatic N) is 1. The number of halogens is 1. The average Bonchev–Trinajstić information content (AvgIpc) is 3.36. The van der Waals surface area contributed by atoms with Crippen molar-refractivity contribution in [1.82, 2.24) is 4.90 Å². The van der Waals surface area contributed by atoms with Gasteiger partial charge in [0.2, 0.25) is 5.91 Å². The lowest BCUT2D eigenvalue weighted by Gasteiger charge is -2.38. The number of aliphatic hydroxyl groups excluding tert-OH is 1. The molecule has 2 saturated carbocycles. The van der Waals surface area contributed by atoms with E-state index < -0.39 is 0 Å². The zero-order chi connectivity index (χ0) is 14.6. The summed E-state index contributed by atoms with van der Waals surface area (Å²) >= 11 is 0. The summed E-state index contributed by atoms with van der Waals surface area (Å²) in [7, 11) is 0. The fourth-order valence-electron chi connectivity index (χ4n) is 3.92. The zero-order valence-electron chi connectivity index (χ0n) is 12.0. The Bertz CT molecular complexity index is 565. The Kier molecular flexibility index (Phi) is 2.86. The Balaban J connectivity index is 1.48. The van der Waals surface area contributed by atoms with Gasteiger partial charge in [-0.05, 0) is 48.8 Å². The normalized spacial score (nSPS) is 37.0. The van der Waals surface area contributed by atoms with Crippen LogP contribution in [0.4, 0.5) is 4.39 Å². The van der Waals surface area contributed by atoms with Crippen LogP contribution in [0.5, 0.6) is 0 Å². The SMILES string of the molecule is O=C(N1CC[C@@H](c2ccc(F)cc2)[C@H](CO)C1)C12CC1C2. The molecule has 1 saturated heterocycles. The Morgan fingerprint density at radius 2 is 2.00 bits per heavy atom. The fourth-order valence-corrected chi connectivity index (χ4v) is 3.92. The van der Waals surface area contributed by atoms with Gasteiger partial charge in [-0.15, -0.1) is 0 Å². The van der Waals surface area contributed by atoms with Gasteiger partial charge < -0.3 is 10.0 Å². The maximum absolute atomic E-state index is 13.0. The number of aliphatic hydroxyl groups is 1. The average molecular weight is 289 g/mol. The summed E-state index contributed by atoms with van der Waals surface area (Å²) in [6.45, 7) is 1.46. The number of hydrogen-bond acceptors (Lipinski definition) is 2. The molecule has 3 fully saturated rings. The van der Waals surface area contributed by atoms with E-state index in [0.717, 1.165) is 31.4 Å².